The number of carboxylic acid groups (broad SMARTS) is 1. The van der Waals surface area contributed by atoms with Gasteiger partial charge in [-0.2, -0.15) is 0 Å². The summed E-state index contributed by atoms with van der Waals surface area (Å²) in [5.74, 6) is -1.06. The quantitative estimate of drug-likeness (QED) is 0.642. The number of carboxylic acids is 1. The van der Waals surface area contributed by atoms with Crippen LogP contribution < -0.4 is 11.3 Å². The molecule has 0 aromatic heterocycles. The van der Waals surface area contributed by atoms with Gasteiger partial charge in [0.1, 0.15) is 0 Å². The van der Waals surface area contributed by atoms with Crippen LogP contribution in [0.1, 0.15) is 34.1 Å². The third kappa shape index (κ3) is 4.13. The third-order valence-corrected chi connectivity index (χ3v) is 1.44. The highest BCUT2D eigenvalue weighted by Gasteiger charge is 2.16. The van der Waals surface area contributed by atoms with E-state index in [1.807, 2.05) is 27.7 Å². The van der Waals surface area contributed by atoms with Crippen molar-refractivity contribution < 1.29 is 9.90 Å². The van der Waals surface area contributed by atoms with Gasteiger partial charge in [0.05, 0.1) is 5.97 Å². The molecule has 72 valence electrons. The summed E-state index contributed by atoms with van der Waals surface area (Å²) in [6, 6.07) is 0. The molecule has 0 aromatic rings. The Labute approximate surface area is 74.1 Å². The predicted molar refractivity (Wildman–Crippen MR) is 48.8 cm³/mol. The molecule has 0 saturated heterocycles. The van der Waals surface area contributed by atoms with Crippen LogP contribution in [0.25, 0.3) is 0 Å². The van der Waals surface area contributed by atoms with Crippen molar-refractivity contribution in [2.24, 2.45) is 5.41 Å². The molecule has 0 aliphatic carbocycles. The number of hydrogen-bond acceptors (Lipinski definition) is 2. The molecule has 0 amide bonds. The van der Waals surface area contributed by atoms with Gasteiger partial charge in [-0.05, 0) is 17.4 Å². The third-order valence-electron chi connectivity index (χ3n) is 1.44. The van der Waals surface area contributed by atoms with E-state index in [-0.39, 0.29) is 11.6 Å². The zero-order chi connectivity index (χ0) is 9.07. The SMILES string of the molecule is CCC=C(C(=O)[O-])C(C)(C)C.[NH4+]. The van der Waals surface area contributed by atoms with Crippen LogP contribution in [-0.4, -0.2) is 5.97 Å². The van der Waals surface area contributed by atoms with Crippen LogP contribution in [0.4, 0.5) is 0 Å². The monoisotopic (exact) mass is 173 g/mol. The number of carbonyl (C=O) groups is 1. The highest BCUT2D eigenvalue weighted by molar-refractivity contribution is 5.86. The summed E-state index contributed by atoms with van der Waals surface area (Å²) in [6.45, 7) is 7.51. The average molecular weight is 173 g/mol. The molecule has 0 bridgehead atoms. The van der Waals surface area contributed by atoms with Gasteiger partial charge in [0.2, 0.25) is 0 Å². The molecule has 0 radical (unpaired) electrons. The Morgan fingerprint density at radius 1 is 1.42 bits per heavy atom. The number of carbonyl (C=O) groups excluding carboxylic acids is 1. The van der Waals surface area contributed by atoms with Gasteiger partial charge in [0, 0.05) is 0 Å². The van der Waals surface area contributed by atoms with E-state index in [0.717, 1.165) is 6.42 Å². The molecule has 0 rings (SSSR count). The molecule has 0 aromatic carbocycles. The van der Waals surface area contributed by atoms with Gasteiger partial charge in [0.25, 0.3) is 0 Å². The van der Waals surface area contributed by atoms with Crippen molar-refractivity contribution in [2.45, 2.75) is 34.1 Å². The maximum Gasteiger partial charge on any atom is 0.0677 e. The normalized spacial score (nSPS) is 12.2. The van der Waals surface area contributed by atoms with E-state index in [4.69, 9.17) is 0 Å². The van der Waals surface area contributed by atoms with E-state index in [0.29, 0.717) is 5.57 Å². The van der Waals surface area contributed by atoms with Gasteiger partial charge in [-0.15, -0.1) is 0 Å². The summed E-state index contributed by atoms with van der Waals surface area (Å²) in [4.78, 5) is 10.6. The van der Waals surface area contributed by atoms with Gasteiger partial charge >= 0.3 is 0 Å². The molecule has 0 saturated carbocycles. The number of rotatable bonds is 2. The molecular weight excluding hydrogens is 154 g/mol. The van der Waals surface area contributed by atoms with E-state index in [2.05, 4.69) is 0 Å². The molecule has 4 N–H and O–H groups in total. The van der Waals surface area contributed by atoms with Gasteiger partial charge in [-0.1, -0.05) is 33.8 Å². The second-order valence-electron chi connectivity index (χ2n) is 3.56. The van der Waals surface area contributed by atoms with Crippen LogP contribution in [-0.2, 0) is 4.79 Å². The van der Waals surface area contributed by atoms with Gasteiger partial charge in [-0.25, -0.2) is 0 Å². The van der Waals surface area contributed by atoms with Crippen LogP contribution in [0.5, 0.6) is 0 Å². The van der Waals surface area contributed by atoms with Gasteiger partial charge in [-0.3, -0.25) is 0 Å². The fraction of sp³-hybridized carbons (Fsp3) is 0.667. The van der Waals surface area contributed by atoms with E-state index in [1.165, 1.54) is 0 Å². The lowest BCUT2D eigenvalue weighted by Crippen LogP contribution is -2.31. The minimum absolute atomic E-state index is 0. The highest BCUT2D eigenvalue weighted by Crippen LogP contribution is 2.24. The lowest BCUT2D eigenvalue weighted by Gasteiger charge is -2.23. The van der Waals surface area contributed by atoms with E-state index < -0.39 is 5.97 Å². The molecule has 0 aliphatic rings. The standard InChI is InChI=1S/C9H16O2.H3N/c1-5-6-7(8(10)11)9(2,3)4;/h6H,5H2,1-4H3,(H,10,11);1H3. The maximum absolute atomic E-state index is 10.6. The van der Waals surface area contributed by atoms with Crippen LogP contribution >= 0.6 is 0 Å². The first kappa shape index (κ1) is 13.7. The predicted octanol–water partition coefficient (Wildman–Crippen LogP) is 1.49. The van der Waals surface area contributed by atoms with Crippen LogP contribution in [0, 0.1) is 5.41 Å². The Bertz CT molecular complexity index is 177. The van der Waals surface area contributed by atoms with E-state index in [9.17, 15) is 9.90 Å². The molecule has 3 heteroatoms. The Morgan fingerprint density at radius 3 is 1.92 bits per heavy atom. The summed E-state index contributed by atoms with van der Waals surface area (Å²) in [6.07, 6.45) is 2.44. The number of aliphatic carboxylic acids is 1. The minimum Gasteiger partial charge on any atom is -0.545 e. The molecule has 0 fully saturated rings. The lowest BCUT2D eigenvalue weighted by molar-refractivity contribution is -0.300. The first-order chi connectivity index (χ1) is 4.89. The van der Waals surface area contributed by atoms with Gasteiger partial charge < -0.3 is 16.1 Å². The summed E-state index contributed by atoms with van der Waals surface area (Å²) in [7, 11) is 0. The first-order valence-electron chi connectivity index (χ1n) is 3.81. The summed E-state index contributed by atoms with van der Waals surface area (Å²) in [5.41, 5.74) is 0.0782. The summed E-state index contributed by atoms with van der Waals surface area (Å²) in [5, 5.41) is 10.6. The topological polar surface area (TPSA) is 76.6 Å². The summed E-state index contributed by atoms with van der Waals surface area (Å²) < 4.78 is 0. The van der Waals surface area contributed by atoms with Crippen molar-refractivity contribution in [1.29, 1.82) is 0 Å². The van der Waals surface area contributed by atoms with Crippen molar-refractivity contribution in [3.8, 4) is 0 Å². The molecule has 0 aliphatic heterocycles. The Balaban J connectivity index is 0. The lowest BCUT2D eigenvalue weighted by atomic mass is 9.86. The molecule has 0 unspecified atom stereocenters. The highest BCUT2D eigenvalue weighted by atomic mass is 16.4. The second kappa shape index (κ2) is 4.93. The largest absolute Gasteiger partial charge is 0.545 e. The molecule has 0 spiro atoms. The smallest absolute Gasteiger partial charge is 0.0677 e. The fourth-order valence-corrected chi connectivity index (χ4v) is 0.900. The number of quaternary nitrogens is 1. The first-order valence-corrected chi connectivity index (χ1v) is 3.81. The Hall–Kier alpha value is -0.830. The van der Waals surface area contributed by atoms with Crippen molar-refractivity contribution in [3.05, 3.63) is 11.6 Å². The molecule has 0 atom stereocenters. The zero-order valence-corrected chi connectivity index (χ0v) is 8.60. The Morgan fingerprint density at radius 2 is 1.83 bits per heavy atom. The van der Waals surface area contributed by atoms with Gasteiger partial charge in [0.15, 0.2) is 0 Å². The molecule has 3 nitrogen and oxygen atoms in total. The molecular formula is C9H19NO2. The van der Waals surface area contributed by atoms with Crippen LogP contribution in [0.3, 0.4) is 0 Å². The van der Waals surface area contributed by atoms with Crippen molar-refractivity contribution >= 4 is 5.97 Å². The zero-order valence-electron chi connectivity index (χ0n) is 8.60. The van der Waals surface area contributed by atoms with Crippen molar-refractivity contribution in [2.75, 3.05) is 0 Å². The summed E-state index contributed by atoms with van der Waals surface area (Å²) >= 11 is 0. The van der Waals surface area contributed by atoms with Crippen molar-refractivity contribution in [3.63, 3.8) is 0 Å². The minimum atomic E-state index is -1.06. The fourth-order valence-electron chi connectivity index (χ4n) is 0.900. The van der Waals surface area contributed by atoms with Crippen LogP contribution in [0.15, 0.2) is 11.6 Å². The Kier molecular flexibility index (Phi) is 5.64. The van der Waals surface area contributed by atoms with E-state index in [1.54, 1.807) is 6.08 Å². The molecule has 0 heterocycles. The second-order valence-corrected chi connectivity index (χ2v) is 3.56. The van der Waals surface area contributed by atoms with Crippen molar-refractivity contribution in [1.82, 2.24) is 6.15 Å². The van der Waals surface area contributed by atoms with E-state index >= 15 is 0 Å². The molecule has 12 heavy (non-hydrogen) atoms. The average Bonchev–Trinajstić information content (AvgIpc) is 1.79. The number of hydrogen-bond donors (Lipinski definition) is 1. The number of allylic oxidation sites excluding steroid dienone is 1. The maximum atomic E-state index is 10.6. The van der Waals surface area contributed by atoms with Crippen LogP contribution in [0.2, 0.25) is 0 Å².